The normalized spacial score (nSPS) is 17.4. The van der Waals surface area contributed by atoms with Crippen LogP contribution in [0.5, 0.6) is 0 Å². The van der Waals surface area contributed by atoms with E-state index in [1.165, 1.54) is 4.57 Å². The lowest BCUT2D eigenvalue weighted by Crippen LogP contribution is -2.44. The minimum Gasteiger partial charge on any atom is -0.408 e. The molecule has 1 aromatic heterocycles. The van der Waals surface area contributed by atoms with E-state index in [1.54, 1.807) is 25.2 Å². The Hall–Kier alpha value is -2.28. The van der Waals surface area contributed by atoms with Crippen molar-refractivity contribution in [2.75, 3.05) is 11.9 Å². The third-order valence-electron chi connectivity index (χ3n) is 4.66. The van der Waals surface area contributed by atoms with Crippen LogP contribution >= 0.6 is 0 Å². The van der Waals surface area contributed by atoms with Gasteiger partial charge in [0.2, 0.25) is 0 Å². The number of aromatic nitrogens is 1. The molecule has 24 heavy (non-hydrogen) atoms. The highest BCUT2D eigenvalue weighted by atomic mass is 16.4. The van der Waals surface area contributed by atoms with Crippen LogP contribution in [0.1, 0.15) is 38.5 Å². The first-order valence-electron chi connectivity index (χ1n) is 8.34. The van der Waals surface area contributed by atoms with Crippen molar-refractivity contribution in [3.63, 3.8) is 0 Å². The first kappa shape index (κ1) is 16.6. The number of carbonyl (C=O) groups is 1. The molecule has 3 N–H and O–H groups in total. The van der Waals surface area contributed by atoms with Gasteiger partial charge in [-0.2, -0.15) is 0 Å². The summed E-state index contributed by atoms with van der Waals surface area (Å²) in [5.41, 5.74) is 0.799. The molecule has 130 valence electrons. The van der Waals surface area contributed by atoms with E-state index in [-0.39, 0.29) is 12.6 Å². The molecule has 0 unspecified atom stereocenters. The van der Waals surface area contributed by atoms with Crippen LogP contribution in [0.4, 0.5) is 10.5 Å². The van der Waals surface area contributed by atoms with E-state index in [9.17, 15) is 14.7 Å². The van der Waals surface area contributed by atoms with Crippen molar-refractivity contribution in [1.29, 1.82) is 0 Å². The second-order valence-corrected chi connectivity index (χ2v) is 6.56. The van der Waals surface area contributed by atoms with E-state index in [1.807, 2.05) is 0 Å². The van der Waals surface area contributed by atoms with Crippen molar-refractivity contribution in [2.24, 2.45) is 7.05 Å². The van der Waals surface area contributed by atoms with Gasteiger partial charge in [0.1, 0.15) is 0 Å². The standard InChI is InChI=1S/C17H23N3O4/c1-20-13-7-6-12(10-14(13)24-16(20)22)19-15(21)18-11-17(23)8-4-2-3-5-9-17/h6-7,10,23H,2-5,8-9,11H2,1H3,(H2,18,19,21). The number of aryl methyl sites for hydroxylation is 1. The van der Waals surface area contributed by atoms with Crippen molar-refractivity contribution in [1.82, 2.24) is 9.88 Å². The third kappa shape index (κ3) is 3.62. The fraction of sp³-hybridized carbons (Fsp3) is 0.529. The Bertz CT molecular complexity index is 785. The lowest BCUT2D eigenvalue weighted by Gasteiger charge is -2.26. The largest absolute Gasteiger partial charge is 0.419 e. The van der Waals surface area contributed by atoms with Crippen LogP contribution in [0.2, 0.25) is 0 Å². The monoisotopic (exact) mass is 333 g/mol. The Balaban J connectivity index is 1.61. The summed E-state index contributed by atoms with van der Waals surface area (Å²) in [5.74, 6) is -0.442. The fourth-order valence-electron chi connectivity index (χ4n) is 3.20. The van der Waals surface area contributed by atoms with E-state index in [0.717, 1.165) is 25.7 Å². The number of benzene rings is 1. The van der Waals surface area contributed by atoms with E-state index in [2.05, 4.69) is 10.6 Å². The summed E-state index contributed by atoms with van der Waals surface area (Å²) in [4.78, 5) is 23.5. The van der Waals surface area contributed by atoms with Gasteiger partial charge in [-0.25, -0.2) is 9.59 Å². The van der Waals surface area contributed by atoms with Gasteiger partial charge in [0.05, 0.1) is 11.1 Å². The van der Waals surface area contributed by atoms with Gasteiger partial charge in [-0.05, 0) is 25.0 Å². The van der Waals surface area contributed by atoms with E-state index in [0.29, 0.717) is 29.6 Å². The highest BCUT2D eigenvalue weighted by Gasteiger charge is 2.28. The van der Waals surface area contributed by atoms with Crippen molar-refractivity contribution in [3.05, 3.63) is 28.7 Å². The number of anilines is 1. The van der Waals surface area contributed by atoms with E-state index >= 15 is 0 Å². The Morgan fingerprint density at radius 3 is 2.71 bits per heavy atom. The predicted molar refractivity (Wildman–Crippen MR) is 91.1 cm³/mol. The molecule has 0 bridgehead atoms. The molecule has 0 spiro atoms. The molecule has 1 fully saturated rings. The minimum absolute atomic E-state index is 0.238. The second kappa shape index (κ2) is 6.68. The van der Waals surface area contributed by atoms with Crippen molar-refractivity contribution in [2.45, 2.75) is 44.1 Å². The Labute approximate surface area is 139 Å². The maximum absolute atomic E-state index is 12.1. The molecule has 0 saturated heterocycles. The van der Waals surface area contributed by atoms with Crippen molar-refractivity contribution >= 4 is 22.8 Å². The van der Waals surface area contributed by atoms with Gasteiger partial charge in [-0.15, -0.1) is 0 Å². The summed E-state index contributed by atoms with van der Waals surface area (Å²) in [6, 6.07) is 4.65. The van der Waals surface area contributed by atoms with Crippen molar-refractivity contribution < 1.29 is 14.3 Å². The van der Waals surface area contributed by atoms with Gasteiger partial charge in [-0.1, -0.05) is 25.7 Å². The zero-order valence-electron chi connectivity index (χ0n) is 13.8. The van der Waals surface area contributed by atoms with Crippen LogP contribution < -0.4 is 16.4 Å². The number of nitrogens with one attached hydrogen (secondary N) is 2. The fourth-order valence-corrected chi connectivity index (χ4v) is 3.20. The van der Waals surface area contributed by atoms with Gasteiger partial charge >= 0.3 is 11.8 Å². The number of rotatable bonds is 3. The number of nitrogens with zero attached hydrogens (tertiary/aromatic N) is 1. The van der Waals surface area contributed by atoms with Crippen molar-refractivity contribution in [3.8, 4) is 0 Å². The Morgan fingerprint density at radius 1 is 1.29 bits per heavy atom. The number of fused-ring (bicyclic) bond motifs is 1. The minimum atomic E-state index is -0.815. The van der Waals surface area contributed by atoms with E-state index < -0.39 is 11.4 Å². The van der Waals surface area contributed by atoms with Gasteiger partial charge in [-0.3, -0.25) is 4.57 Å². The summed E-state index contributed by atoms with van der Waals surface area (Å²) in [7, 11) is 1.63. The lowest BCUT2D eigenvalue weighted by atomic mass is 9.95. The molecule has 7 nitrogen and oxygen atoms in total. The zero-order valence-corrected chi connectivity index (χ0v) is 13.8. The van der Waals surface area contributed by atoms with Gasteiger partial charge in [0.15, 0.2) is 5.58 Å². The van der Waals surface area contributed by atoms with Gasteiger partial charge < -0.3 is 20.2 Å². The topological polar surface area (TPSA) is 96.5 Å². The molecule has 0 atom stereocenters. The maximum atomic E-state index is 12.1. The number of carbonyl (C=O) groups excluding carboxylic acids is 1. The number of oxazole rings is 1. The highest BCUT2D eigenvalue weighted by molar-refractivity contribution is 5.91. The molecule has 1 heterocycles. The smallest absolute Gasteiger partial charge is 0.408 e. The average molecular weight is 333 g/mol. The molecule has 0 radical (unpaired) electrons. The van der Waals surface area contributed by atoms with E-state index in [4.69, 9.17) is 4.42 Å². The van der Waals surface area contributed by atoms with Crippen LogP contribution in [0, 0.1) is 0 Å². The average Bonchev–Trinajstić information content (AvgIpc) is 2.72. The zero-order chi connectivity index (χ0) is 17.2. The Kier molecular flexibility index (Phi) is 4.62. The quantitative estimate of drug-likeness (QED) is 0.751. The molecule has 1 saturated carbocycles. The number of hydrogen-bond acceptors (Lipinski definition) is 4. The predicted octanol–water partition coefficient (Wildman–Crippen LogP) is 2.34. The Morgan fingerprint density at radius 2 is 2.00 bits per heavy atom. The number of amides is 2. The highest BCUT2D eigenvalue weighted by Crippen LogP contribution is 2.26. The number of aliphatic hydroxyl groups is 1. The SMILES string of the molecule is Cn1c(=O)oc2cc(NC(=O)NCC3(O)CCCCCC3)ccc21. The third-order valence-corrected chi connectivity index (χ3v) is 4.66. The first-order valence-corrected chi connectivity index (χ1v) is 8.34. The molecule has 2 amide bonds. The lowest BCUT2D eigenvalue weighted by molar-refractivity contribution is 0.0281. The summed E-state index contributed by atoms with van der Waals surface area (Å²) in [6.07, 6.45) is 5.68. The summed E-state index contributed by atoms with van der Waals surface area (Å²) >= 11 is 0. The molecular formula is C17H23N3O4. The molecular weight excluding hydrogens is 310 g/mol. The molecule has 3 rings (SSSR count). The van der Waals surface area contributed by atoms with Crippen LogP contribution in [-0.4, -0.2) is 27.9 Å². The summed E-state index contributed by atoms with van der Waals surface area (Å²) < 4.78 is 6.51. The number of urea groups is 1. The van der Waals surface area contributed by atoms with Crippen LogP contribution in [0.15, 0.2) is 27.4 Å². The van der Waals surface area contributed by atoms with Gasteiger partial charge in [0, 0.05) is 25.3 Å². The summed E-state index contributed by atoms with van der Waals surface area (Å²) in [6.45, 7) is 0.238. The second-order valence-electron chi connectivity index (χ2n) is 6.56. The molecule has 0 aliphatic heterocycles. The van der Waals surface area contributed by atoms with Crippen LogP contribution in [0.3, 0.4) is 0 Å². The van der Waals surface area contributed by atoms with Gasteiger partial charge in [0.25, 0.3) is 0 Å². The summed E-state index contributed by atoms with van der Waals surface area (Å²) in [5, 5.41) is 16.0. The molecule has 1 aliphatic carbocycles. The van der Waals surface area contributed by atoms with Crippen LogP contribution in [0.25, 0.3) is 11.1 Å². The first-order chi connectivity index (χ1) is 11.5. The number of hydrogen-bond donors (Lipinski definition) is 3. The van der Waals surface area contributed by atoms with Crippen LogP contribution in [-0.2, 0) is 7.05 Å². The molecule has 2 aromatic rings. The molecule has 7 heteroatoms. The maximum Gasteiger partial charge on any atom is 0.419 e. The molecule has 1 aliphatic rings. The molecule has 1 aromatic carbocycles.